The molecule has 3 aliphatic carbocycles. The zero-order valence-corrected chi connectivity index (χ0v) is 8.64. The summed E-state index contributed by atoms with van der Waals surface area (Å²) >= 11 is 0. The van der Waals surface area contributed by atoms with E-state index in [1.807, 2.05) is 0 Å². The Hall–Kier alpha value is -1.56. The van der Waals surface area contributed by atoms with Gasteiger partial charge in [-0.3, -0.25) is 0 Å². The van der Waals surface area contributed by atoms with Gasteiger partial charge in [-0.05, 0) is 29.4 Å². The summed E-state index contributed by atoms with van der Waals surface area (Å²) in [6, 6.07) is 0. The first kappa shape index (κ1) is 8.72. The Morgan fingerprint density at radius 3 is 2.33 bits per heavy atom. The van der Waals surface area contributed by atoms with E-state index in [1.165, 1.54) is 17.6 Å². The highest BCUT2D eigenvalue weighted by Crippen LogP contribution is 2.48. The Kier molecular flexibility index (Phi) is 2.06. The molecule has 0 aromatic carbocycles. The van der Waals surface area contributed by atoms with E-state index in [1.54, 1.807) is 0 Å². The molecular weight excluding hydrogens is 180 g/mol. The van der Waals surface area contributed by atoms with Crippen molar-refractivity contribution in [1.29, 1.82) is 0 Å². The molecule has 1 fully saturated rings. The average molecular weight is 194 g/mol. The predicted octanol–water partition coefficient (Wildman–Crippen LogP) is 3.73. The van der Waals surface area contributed by atoms with Crippen molar-refractivity contribution in [1.82, 2.24) is 0 Å². The SMILES string of the molecule is C1=CC=CC(=C2C=CC=CC3CC23)C=C1. The molecule has 1 saturated carbocycles. The number of hydrogen-bond acceptors (Lipinski definition) is 0. The van der Waals surface area contributed by atoms with E-state index in [2.05, 4.69) is 60.8 Å². The molecular formula is C15H14. The molecule has 0 aromatic heterocycles. The first-order valence-corrected chi connectivity index (χ1v) is 5.55. The average Bonchev–Trinajstić information content (AvgIpc) is 3.01. The van der Waals surface area contributed by atoms with Crippen LogP contribution in [0.1, 0.15) is 6.42 Å². The minimum absolute atomic E-state index is 0.766. The predicted molar refractivity (Wildman–Crippen MR) is 64.3 cm³/mol. The highest BCUT2D eigenvalue weighted by Gasteiger charge is 2.38. The molecule has 15 heavy (non-hydrogen) atoms. The molecule has 0 nitrogen and oxygen atoms in total. The van der Waals surface area contributed by atoms with E-state index in [0.29, 0.717) is 0 Å². The zero-order valence-electron chi connectivity index (χ0n) is 8.64. The van der Waals surface area contributed by atoms with E-state index in [9.17, 15) is 0 Å². The molecule has 0 heterocycles. The van der Waals surface area contributed by atoms with Crippen molar-refractivity contribution in [2.24, 2.45) is 11.8 Å². The standard InChI is InChI=1S/C15H14/c1-2-4-8-12(7-3-1)14-10-6-5-9-13-11-15(13)14/h1-10,13,15H,11H2. The number of allylic oxidation sites excluding steroid dienone is 12. The van der Waals surface area contributed by atoms with Crippen LogP contribution >= 0.6 is 0 Å². The third-order valence-corrected chi connectivity index (χ3v) is 3.20. The van der Waals surface area contributed by atoms with Crippen LogP contribution in [0.3, 0.4) is 0 Å². The monoisotopic (exact) mass is 194 g/mol. The fourth-order valence-corrected chi connectivity index (χ4v) is 2.28. The molecule has 0 bridgehead atoms. The van der Waals surface area contributed by atoms with Crippen molar-refractivity contribution in [2.75, 3.05) is 0 Å². The summed E-state index contributed by atoms with van der Waals surface area (Å²) in [5.41, 5.74) is 2.87. The second kappa shape index (κ2) is 3.54. The summed E-state index contributed by atoms with van der Waals surface area (Å²) in [5, 5.41) is 0. The fourth-order valence-electron chi connectivity index (χ4n) is 2.28. The molecule has 2 unspecified atom stereocenters. The molecule has 0 saturated heterocycles. The molecule has 3 rings (SSSR count). The topological polar surface area (TPSA) is 0 Å². The largest absolute Gasteiger partial charge is 0.0808 e. The van der Waals surface area contributed by atoms with Crippen LogP contribution in [0.5, 0.6) is 0 Å². The minimum atomic E-state index is 0.766. The third-order valence-electron chi connectivity index (χ3n) is 3.20. The van der Waals surface area contributed by atoms with Gasteiger partial charge < -0.3 is 0 Å². The van der Waals surface area contributed by atoms with Crippen LogP contribution in [-0.4, -0.2) is 0 Å². The Morgan fingerprint density at radius 2 is 1.53 bits per heavy atom. The van der Waals surface area contributed by atoms with Gasteiger partial charge in [0.25, 0.3) is 0 Å². The first-order valence-electron chi connectivity index (χ1n) is 5.55. The number of rotatable bonds is 0. The summed E-state index contributed by atoms with van der Waals surface area (Å²) in [4.78, 5) is 0. The van der Waals surface area contributed by atoms with Crippen molar-refractivity contribution in [3.63, 3.8) is 0 Å². The highest BCUT2D eigenvalue weighted by molar-refractivity contribution is 5.49. The lowest BCUT2D eigenvalue weighted by Gasteiger charge is -2.03. The maximum absolute atomic E-state index is 2.33. The second-order valence-electron chi connectivity index (χ2n) is 4.26. The number of fused-ring (bicyclic) bond motifs is 1. The van der Waals surface area contributed by atoms with Gasteiger partial charge in [0.15, 0.2) is 0 Å². The normalized spacial score (nSPS) is 31.5. The first-order chi connectivity index (χ1) is 7.45. The summed E-state index contributed by atoms with van der Waals surface area (Å²) < 4.78 is 0. The van der Waals surface area contributed by atoms with Crippen LogP contribution < -0.4 is 0 Å². The summed E-state index contributed by atoms with van der Waals surface area (Å²) in [6.07, 6.45) is 23.1. The van der Waals surface area contributed by atoms with Crippen LogP contribution in [-0.2, 0) is 0 Å². The minimum Gasteiger partial charge on any atom is -0.0808 e. The molecule has 0 aromatic rings. The van der Waals surface area contributed by atoms with E-state index in [-0.39, 0.29) is 0 Å². The summed E-state index contributed by atoms with van der Waals surface area (Å²) in [6.45, 7) is 0. The molecule has 3 aliphatic rings. The van der Waals surface area contributed by atoms with E-state index in [4.69, 9.17) is 0 Å². The van der Waals surface area contributed by atoms with Gasteiger partial charge in [-0.15, -0.1) is 0 Å². The lowest BCUT2D eigenvalue weighted by atomic mass is 10.0. The highest BCUT2D eigenvalue weighted by atomic mass is 14.4. The fraction of sp³-hybridized carbons (Fsp3) is 0.200. The van der Waals surface area contributed by atoms with E-state index >= 15 is 0 Å². The molecule has 0 radical (unpaired) electrons. The molecule has 0 heteroatoms. The maximum atomic E-state index is 2.33. The van der Waals surface area contributed by atoms with Gasteiger partial charge in [0.05, 0.1) is 0 Å². The molecule has 0 aliphatic heterocycles. The van der Waals surface area contributed by atoms with Crippen molar-refractivity contribution >= 4 is 0 Å². The lowest BCUT2D eigenvalue weighted by molar-refractivity contribution is 0.952. The van der Waals surface area contributed by atoms with Crippen molar-refractivity contribution in [3.05, 3.63) is 71.9 Å². The molecule has 74 valence electrons. The van der Waals surface area contributed by atoms with Crippen molar-refractivity contribution in [3.8, 4) is 0 Å². The van der Waals surface area contributed by atoms with Gasteiger partial charge in [-0.1, -0.05) is 60.8 Å². The molecule has 0 amide bonds. The van der Waals surface area contributed by atoms with Crippen LogP contribution in [0.2, 0.25) is 0 Å². The van der Waals surface area contributed by atoms with Crippen LogP contribution in [0.15, 0.2) is 71.9 Å². The Labute approximate surface area is 90.7 Å². The van der Waals surface area contributed by atoms with Crippen molar-refractivity contribution in [2.45, 2.75) is 6.42 Å². The Balaban J connectivity index is 2.01. The van der Waals surface area contributed by atoms with Crippen LogP contribution in [0.25, 0.3) is 0 Å². The summed E-state index contributed by atoms with van der Waals surface area (Å²) in [7, 11) is 0. The smallest absolute Gasteiger partial charge is 0.00869 e. The number of hydrogen-bond donors (Lipinski definition) is 0. The van der Waals surface area contributed by atoms with Gasteiger partial charge in [0.1, 0.15) is 0 Å². The van der Waals surface area contributed by atoms with Gasteiger partial charge in [0, 0.05) is 0 Å². The van der Waals surface area contributed by atoms with Gasteiger partial charge in [0.2, 0.25) is 0 Å². The molecule has 0 spiro atoms. The Morgan fingerprint density at radius 1 is 0.800 bits per heavy atom. The van der Waals surface area contributed by atoms with Gasteiger partial charge >= 0.3 is 0 Å². The van der Waals surface area contributed by atoms with Crippen molar-refractivity contribution < 1.29 is 0 Å². The molecule has 0 N–H and O–H groups in total. The van der Waals surface area contributed by atoms with E-state index in [0.717, 1.165) is 11.8 Å². The second-order valence-corrected chi connectivity index (χ2v) is 4.26. The molecule has 2 atom stereocenters. The van der Waals surface area contributed by atoms with Crippen LogP contribution in [0.4, 0.5) is 0 Å². The van der Waals surface area contributed by atoms with Gasteiger partial charge in [-0.25, -0.2) is 0 Å². The quantitative estimate of drug-likeness (QED) is 0.551. The summed E-state index contributed by atoms with van der Waals surface area (Å²) in [5.74, 6) is 1.56. The zero-order chi connectivity index (χ0) is 10.1. The lowest BCUT2D eigenvalue weighted by Crippen LogP contribution is -1.88. The Bertz CT molecular complexity index is 421. The van der Waals surface area contributed by atoms with Gasteiger partial charge in [-0.2, -0.15) is 0 Å². The maximum Gasteiger partial charge on any atom is -0.00869 e. The third kappa shape index (κ3) is 1.68. The van der Waals surface area contributed by atoms with E-state index < -0.39 is 0 Å². The van der Waals surface area contributed by atoms with Crippen LogP contribution in [0, 0.1) is 11.8 Å².